The first-order chi connectivity index (χ1) is 13.9. The van der Waals surface area contributed by atoms with Crippen LogP contribution in [0.4, 0.5) is 0 Å². The number of para-hydroxylation sites is 2. The van der Waals surface area contributed by atoms with Gasteiger partial charge in [-0.15, -0.1) is 0 Å². The van der Waals surface area contributed by atoms with Gasteiger partial charge in [-0.2, -0.15) is 0 Å². The van der Waals surface area contributed by atoms with Gasteiger partial charge in [0.15, 0.2) is 0 Å². The Bertz CT molecular complexity index is 1280. The average Bonchev–Trinajstić information content (AvgIpc) is 3.45. The topological polar surface area (TPSA) is 4.93 Å². The summed E-state index contributed by atoms with van der Waals surface area (Å²) in [6, 6.07) is 26.7. The SMILES string of the molecule is C1=CC[C]([Hf+2][CH]2C(n3c4ccccc4c4ccccc43)=Cc3ccccc32)=C1.[Cl-].[Cl-]. The molecule has 2 aliphatic carbocycles. The maximum Gasteiger partial charge on any atom is -1.00 e. The van der Waals surface area contributed by atoms with E-state index in [1.54, 1.807) is 3.33 Å². The van der Waals surface area contributed by atoms with Crippen molar-refractivity contribution in [1.29, 1.82) is 0 Å². The largest absolute Gasteiger partial charge is 1.00 e. The van der Waals surface area contributed by atoms with Crippen molar-refractivity contribution in [2.24, 2.45) is 0 Å². The molecule has 0 radical (unpaired) electrons. The smallest absolute Gasteiger partial charge is 1.00 e. The number of aromatic nitrogens is 1. The summed E-state index contributed by atoms with van der Waals surface area (Å²) in [4.78, 5) is 0. The standard InChI is InChI=1S/C21H14N.C5H5.2ClH.Hf/c1-2-8-16-14-17(13-15(16)7-1)22-20-11-5-3-9-18(20)19-10-4-6-12-21(19)22;1-2-4-5-3-1;;;/h1-14H;1-3H,4H2;2*1H;/q;;;;+2/p-2. The molecule has 3 aromatic carbocycles. The van der Waals surface area contributed by atoms with Gasteiger partial charge >= 0.3 is 177 Å². The number of fused-ring (bicyclic) bond motifs is 4. The Labute approximate surface area is 200 Å². The van der Waals surface area contributed by atoms with E-state index in [0.717, 1.165) is 0 Å². The van der Waals surface area contributed by atoms with Gasteiger partial charge in [0, 0.05) is 0 Å². The summed E-state index contributed by atoms with van der Waals surface area (Å²) in [6.45, 7) is 0. The Hall–Kier alpha value is -1.87. The van der Waals surface area contributed by atoms with Crippen LogP contribution >= 0.6 is 0 Å². The molecule has 1 heterocycles. The molecule has 2 aliphatic rings. The number of rotatable bonds is 3. The Kier molecular flexibility index (Phi) is 6.20. The van der Waals surface area contributed by atoms with Crippen LogP contribution in [0.15, 0.2) is 94.4 Å². The fourth-order valence-electron chi connectivity index (χ4n) is 4.59. The molecule has 1 aromatic heterocycles. The number of nitrogens with zero attached hydrogens (tertiary/aromatic N) is 1. The molecule has 30 heavy (non-hydrogen) atoms. The van der Waals surface area contributed by atoms with Gasteiger partial charge in [0.05, 0.1) is 0 Å². The van der Waals surface area contributed by atoms with E-state index in [9.17, 15) is 0 Å². The summed E-state index contributed by atoms with van der Waals surface area (Å²) < 4.78 is 4.85. The normalized spacial score (nSPS) is 16.5. The van der Waals surface area contributed by atoms with Crippen LogP contribution in [-0.4, -0.2) is 4.57 Å². The monoisotopic (exact) mass is 595 g/mol. The second kappa shape index (κ2) is 8.70. The summed E-state index contributed by atoms with van der Waals surface area (Å²) in [5.74, 6) is 0. The van der Waals surface area contributed by atoms with Crippen LogP contribution in [0, 0.1) is 0 Å². The molecule has 0 bridgehead atoms. The first-order valence-electron chi connectivity index (χ1n) is 9.81. The first-order valence-corrected chi connectivity index (χ1v) is 13.7. The van der Waals surface area contributed by atoms with Gasteiger partial charge in [0.25, 0.3) is 0 Å². The van der Waals surface area contributed by atoms with E-state index in [1.807, 2.05) is 0 Å². The minimum atomic E-state index is -1.04. The van der Waals surface area contributed by atoms with Gasteiger partial charge in [-0.25, -0.2) is 0 Å². The van der Waals surface area contributed by atoms with E-state index in [2.05, 4.69) is 102 Å². The minimum Gasteiger partial charge on any atom is -1.00 e. The number of allylic oxidation sites excluding steroid dienone is 5. The second-order valence-corrected chi connectivity index (χ2v) is 12.9. The average molecular weight is 595 g/mol. The zero-order chi connectivity index (χ0) is 18.5. The quantitative estimate of drug-likeness (QED) is 0.309. The predicted octanol–water partition coefficient (Wildman–Crippen LogP) is 0.782. The van der Waals surface area contributed by atoms with Crippen LogP contribution in [0.5, 0.6) is 0 Å². The third-order valence-electron chi connectivity index (χ3n) is 5.85. The molecular formula is C26H19Cl2HfN. The molecule has 1 unspecified atom stereocenters. The molecule has 4 aromatic rings. The van der Waals surface area contributed by atoms with Crippen LogP contribution in [0.2, 0.25) is 0 Å². The third kappa shape index (κ3) is 3.36. The van der Waals surface area contributed by atoms with E-state index in [-0.39, 0.29) is 24.8 Å². The van der Waals surface area contributed by atoms with Gasteiger partial charge in [-0.05, 0) is 0 Å². The van der Waals surface area contributed by atoms with Gasteiger partial charge in [-0.1, -0.05) is 0 Å². The fourth-order valence-corrected chi connectivity index (χ4v) is 10.3. The number of benzene rings is 3. The van der Waals surface area contributed by atoms with E-state index in [0.29, 0.717) is 3.67 Å². The zero-order valence-corrected chi connectivity index (χ0v) is 21.3. The second-order valence-electron chi connectivity index (χ2n) is 7.47. The van der Waals surface area contributed by atoms with Crippen LogP contribution in [0.1, 0.15) is 21.2 Å². The van der Waals surface area contributed by atoms with Crippen molar-refractivity contribution in [1.82, 2.24) is 4.57 Å². The van der Waals surface area contributed by atoms with Gasteiger partial charge in [0.1, 0.15) is 0 Å². The van der Waals surface area contributed by atoms with Crippen LogP contribution < -0.4 is 24.8 Å². The number of hydrogen-bond acceptors (Lipinski definition) is 0. The first kappa shape index (κ1) is 21.4. The van der Waals surface area contributed by atoms with Gasteiger partial charge < -0.3 is 24.8 Å². The van der Waals surface area contributed by atoms with E-state index >= 15 is 0 Å². The Morgan fingerprint density at radius 2 is 1.40 bits per heavy atom. The zero-order valence-electron chi connectivity index (χ0n) is 16.2. The van der Waals surface area contributed by atoms with Crippen molar-refractivity contribution < 1.29 is 47.7 Å². The summed E-state index contributed by atoms with van der Waals surface area (Å²) >= 11 is -1.04. The fraction of sp³-hybridized carbons (Fsp3) is 0.0769. The summed E-state index contributed by atoms with van der Waals surface area (Å²) in [6.07, 6.45) is 10.6. The van der Waals surface area contributed by atoms with E-state index < -0.39 is 22.9 Å². The maximum absolute atomic E-state index is 2.55. The summed E-state index contributed by atoms with van der Waals surface area (Å²) in [5.41, 5.74) is 7.08. The predicted molar refractivity (Wildman–Crippen MR) is 115 cm³/mol. The Morgan fingerprint density at radius 1 is 0.767 bits per heavy atom. The molecule has 0 saturated heterocycles. The number of hydrogen-bond donors (Lipinski definition) is 0. The molecule has 0 aliphatic heterocycles. The van der Waals surface area contributed by atoms with Crippen molar-refractivity contribution in [3.05, 3.63) is 105 Å². The van der Waals surface area contributed by atoms with E-state index in [1.165, 1.54) is 45.1 Å². The number of halogens is 2. The van der Waals surface area contributed by atoms with Gasteiger partial charge in [0.2, 0.25) is 0 Å². The molecule has 0 fully saturated rings. The minimum absolute atomic E-state index is 0. The Morgan fingerprint density at radius 3 is 2.07 bits per heavy atom. The van der Waals surface area contributed by atoms with Crippen LogP contribution in [0.3, 0.4) is 0 Å². The van der Waals surface area contributed by atoms with Crippen LogP contribution in [0.25, 0.3) is 33.6 Å². The van der Waals surface area contributed by atoms with Crippen LogP contribution in [-0.2, 0) is 22.9 Å². The third-order valence-corrected chi connectivity index (χ3v) is 11.7. The summed E-state index contributed by atoms with van der Waals surface area (Å²) in [7, 11) is 0. The van der Waals surface area contributed by atoms with Crippen molar-refractivity contribution >= 4 is 33.6 Å². The molecule has 4 heteroatoms. The molecule has 6 rings (SSSR count). The van der Waals surface area contributed by atoms with Crippen molar-refractivity contribution in [2.75, 3.05) is 0 Å². The Balaban J connectivity index is 0.00000109. The van der Waals surface area contributed by atoms with Crippen molar-refractivity contribution in [2.45, 2.75) is 10.1 Å². The molecular weight excluding hydrogens is 576 g/mol. The molecule has 0 amide bonds. The van der Waals surface area contributed by atoms with E-state index in [4.69, 9.17) is 0 Å². The van der Waals surface area contributed by atoms with Gasteiger partial charge in [-0.3, -0.25) is 0 Å². The molecule has 146 valence electrons. The summed E-state index contributed by atoms with van der Waals surface area (Å²) in [5, 5.41) is 2.70. The maximum atomic E-state index is 2.55. The van der Waals surface area contributed by atoms with Crippen molar-refractivity contribution in [3.8, 4) is 0 Å². The van der Waals surface area contributed by atoms with Crippen molar-refractivity contribution in [3.63, 3.8) is 0 Å². The molecule has 0 N–H and O–H groups in total. The molecule has 1 nitrogen and oxygen atoms in total. The molecule has 1 atom stereocenters. The molecule has 0 saturated carbocycles. The molecule has 0 spiro atoms.